The number of carbonyl (C=O) groups is 1. The van der Waals surface area contributed by atoms with Crippen molar-refractivity contribution in [2.45, 2.75) is 32.6 Å². The van der Waals surface area contributed by atoms with Gasteiger partial charge in [0.15, 0.2) is 11.5 Å². The molecule has 1 aliphatic heterocycles. The number of hydrogen-bond donors (Lipinski definition) is 1. The van der Waals surface area contributed by atoms with Crippen molar-refractivity contribution in [1.82, 2.24) is 10.2 Å². The van der Waals surface area contributed by atoms with Crippen LogP contribution in [0, 0.1) is 5.92 Å². The zero-order valence-corrected chi connectivity index (χ0v) is 16.5. The second-order valence-corrected chi connectivity index (χ2v) is 6.94. The van der Waals surface area contributed by atoms with Gasteiger partial charge in [0.05, 0.1) is 27.8 Å². The van der Waals surface area contributed by atoms with Gasteiger partial charge in [-0.25, -0.2) is 0 Å². The predicted octanol–water partition coefficient (Wildman–Crippen LogP) is 2.49. The molecule has 1 fully saturated rings. The van der Waals surface area contributed by atoms with Crippen molar-refractivity contribution in [1.29, 1.82) is 0 Å². The minimum absolute atomic E-state index is 0.00605. The van der Waals surface area contributed by atoms with E-state index in [9.17, 15) is 4.79 Å². The molecule has 1 aliphatic rings. The number of benzene rings is 1. The average molecular weight is 364 g/mol. The highest BCUT2D eigenvalue weighted by atomic mass is 16.5. The molecule has 0 bridgehead atoms. The predicted molar refractivity (Wildman–Crippen MR) is 102 cm³/mol. The number of nitrogens with zero attached hydrogens (tertiary/aromatic N) is 1. The molecule has 26 heavy (non-hydrogen) atoms. The van der Waals surface area contributed by atoms with Crippen LogP contribution in [-0.2, 0) is 11.2 Å². The van der Waals surface area contributed by atoms with Crippen LogP contribution >= 0.6 is 0 Å². The number of likely N-dealkylation sites (tertiary alicyclic amines) is 1. The average Bonchev–Trinajstić information content (AvgIpc) is 2.65. The van der Waals surface area contributed by atoms with Crippen LogP contribution in [0.5, 0.6) is 17.2 Å². The number of methoxy groups -OCH3 is 3. The van der Waals surface area contributed by atoms with Gasteiger partial charge >= 0.3 is 0 Å². The van der Waals surface area contributed by atoms with Gasteiger partial charge in [-0.1, -0.05) is 6.92 Å². The van der Waals surface area contributed by atoms with Gasteiger partial charge in [-0.05, 0) is 62.5 Å². The summed E-state index contributed by atoms with van der Waals surface area (Å²) in [4.78, 5) is 14.7. The first-order valence-corrected chi connectivity index (χ1v) is 9.35. The molecule has 2 rings (SSSR count). The molecule has 0 aliphatic carbocycles. The highest BCUT2D eigenvalue weighted by Crippen LogP contribution is 2.38. The van der Waals surface area contributed by atoms with Crippen molar-refractivity contribution >= 4 is 5.91 Å². The molecule has 1 aromatic rings. The number of ether oxygens (including phenoxy) is 3. The molecule has 1 aromatic carbocycles. The van der Waals surface area contributed by atoms with Crippen molar-refractivity contribution in [2.24, 2.45) is 5.92 Å². The SMILES string of the molecule is COc1cc(CC(=O)NCCCN2CCC(C)CC2)cc(OC)c1OC. The van der Waals surface area contributed by atoms with Crippen LogP contribution in [0.25, 0.3) is 0 Å². The minimum Gasteiger partial charge on any atom is -0.493 e. The Labute approximate surface area is 156 Å². The van der Waals surface area contributed by atoms with E-state index in [-0.39, 0.29) is 12.3 Å². The maximum atomic E-state index is 12.2. The third-order valence-corrected chi connectivity index (χ3v) is 4.94. The van der Waals surface area contributed by atoms with E-state index in [1.165, 1.54) is 25.9 Å². The highest BCUT2D eigenvalue weighted by Gasteiger charge is 2.16. The zero-order valence-electron chi connectivity index (χ0n) is 16.5. The fraction of sp³-hybridized carbons (Fsp3) is 0.650. The van der Waals surface area contributed by atoms with E-state index < -0.39 is 0 Å². The smallest absolute Gasteiger partial charge is 0.224 e. The standard InChI is InChI=1S/C20H32N2O4/c1-15-6-10-22(11-7-15)9-5-8-21-19(23)14-16-12-17(24-2)20(26-4)18(13-16)25-3/h12-13,15H,5-11,14H2,1-4H3,(H,21,23). The number of nitrogens with one attached hydrogen (secondary N) is 1. The van der Waals surface area contributed by atoms with Gasteiger partial charge in [-0.2, -0.15) is 0 Å². The summed E-state index contributed by atoms with van der Waals surface area (Å²) in [5, 5.41) is 3.00. The Bertz CT molecular complexity index is 558. The number of amides is 1. The zero-order chi connectivity index (χ0) is 18.9. The Morgan fingerprint density at radius 3 is 2.27 bits per heavy atom. The monoisotopic (exact) mass is 364 g/mol. The van der Waals surface area contributed by atoms with E-state index in [1.807, 2.05) is 12.1 Å². The molecule has 1 N–H and O–H groups in total. The number of hydrogen-bond acceptors (Lipinski definition) is 5. The summed E-state index contributed by atoms with van der Waals surface area (Å²) in [6.45, 7) is 6.44. The van der Waals surface area contributed by atoms with Gasteiger partial charge in [0, 0.05) is 6.54 Å². The molecule has 0 spiro atoms. The Hall–Kier alpha value is -1.95. The number of rotatable bonds is 9. The lowest BCUT2D eigenvalue weighted by atomic mass is 9.99. The van der Waals surface area contributed by atoms with Crippen molar-refractivity contribution in [3.8, 4) is 17.2 Å². The van der Waals surface area contributed by atoms with Crippen molar-refractivity contribution in [3.63, 3.8) is 0 Å². The van der Waals surface area contributed by atoms with E-state index in [1.54, 1.807) is 21.3 Å². The number of carbonyl (C=O) groups excluding carboxylic acids is 1. The molecular formula is C20H32N2O4. The van der Waals surface area contributed by atoms with Gasteiger partial charge in [0.25, 0.3) is 0 Å². The molecule has 0 aromatic heterocycles. The Balaban J connectivity index is 1.78. The normalized spacial score (nSPS) is 15.5. The van der Waals surface area contributed by atoms with Crippen LogP contribution in [0.2, 0.25) is 0 Å². The summed E-state index contributed by atoms with van der Waals surface area (Å²) in [5.41, 5.74) is 0.835. The van der Waals surface area contributed by atoms with Crippen LogP contribution in [0.15, 0.2) is 12.1 Å². The number of piperidine rings is 1. The molecule has 6 nitrogen and oxygen atoms in total. The van der Waals surface area contributed by atoms with E-state index in [2.05, 4.69) is 17.1 Å². The Morgan fingerprint density at radius 1 is 1.12 bits per heavy atom. The fourth-order valence-electron chi connectivity index (χ4n) is 3.30. The molecule has 0 radical (unpaired) electrons. The minimum atomic E-state index is 0.00605. The third-order valence-electron chi connectivity index (χ3n) is 4.94. The summed E-state index contributed by atoms with van der Waals surface area (Å²) >= 11 is 0. The summed E-state index contributed by atoms with van der Waals surface area (Å²) < 4.78 is 16.0. The van der Waals surface area contributed by atoms with Crippen LogP contribution in [0.3, 0.4) is 0 Å². The van der Waals surface area contributed by atoms with Gasteiger partial charge in [0.2, 0.25) is 11.7 Å². The first-order valence-electron chi connectivity index (χ1n) is 9.35. The molecule has 146 valence electrons. The molecule has 0 saturated carbocycles. The maximum Gasteiger partial charge on any atom is 0.224 e. The van der Waals surface area contributed by atoms with Crippen molar-refractivity contribution in [2.75, 3.05) is 47.5 Å². The van der Waals surface area contributed by atoms with Crippen LogP contribution in [0.1, 0.15) is 31.7 Å². The molecule has 1 saturated heterocycles. The van der Waals surface area contributed by atoms with Gasteiger partial charge in [0.1, 0.15) is 0 Å². The Kier molecular flexibility index (Phi) is 8.04. The van der Waals surface area contributed by atoms with Crippen LogP contribution < -0.4 is 19.5 Å². The van der Waals surface area contributed by atoms with Crippen molar-refractivity contribution in [3.05, 3.63) is 17.7 Å². The third kappa shape index (κ3) is 5.80. The topological polar surface area (TPSA) is 60.0 Å². The molecule has 1 heterocycles. The molecule has 0 atom stereocenters. The Morgan fingerprint density at radius 2 is 1.73 bits per heavy atom. The van der Waals surface area contributed by atoms with E-state index >= 15 is 0 Å². The molecular weight excluding hydrogens is 332 g/mol. The maximum absolute atomic E-state index is 12.2. The van der Waals surface area contributed by atoms with E-state index in [0.29, 0.717) is 23.8 Å². The fourth-order valence-corrected chi connectivity index (χ4v) is 3.30. The van der Waals surface area contributed by atoms with Gasteiger partial charge < -0.3 is 24.4 Å². The molecule has 1 amide bonds. The summed E-state index contributed by atoms with van der Waals surface area (Å²) in [5.74, 6) is 2.52. The summed E-state index contributed by atoms with van der Waals surface area (Å²) in [6, 6.07) is 3.63. The quantitative estimate of drug-likeness (QED) is 0.682. The van der Waals surface area contributed by atoms with Gasteiger partial charge in [-0.3, -0.25) is 4.79 Å². The van der Waals surface area contributed by atoms with E-state index in [0.717, 1.165) is 24.4 Å². The molecule has 6 heteroatoms. The second kappa shape index (κ2) is 10.3. The molecule has 0 unspecified atom stereocenters. The lowest BCUT2D eigenvalue weighted by molar-refractivity contribution is -0.120. The largest absolute Gasteiger partial charge is 0.493 e. The lowest BCUT2D eigenvalue weighted by Crippen LogP contribution is -2.35. The first kappa shape index (κ1) is 20.4. The summed E-state index contributed by atoms with van der Waals surface area (Å²) in [6.07, 6.45) is 3.84. The van der Waals surface area contributed by atoms with E-state index in [4.69, 9.17) is 14.2 Å². The van der Waals surface area contributed by atoms with Crippen LogP contribution in [-0.4, -0.2) is 58.3 Å². The summed E-state index contributed by atoms with van der Waals surface area (Å²) in [7, 11) is 4.71. The van der Waals surface area contributed by atoms with Crippen LogP contribution in [0.4, 0.5) is 0 Å². The highest BCUT2D eigenvalue weighted by molar-refractivity contribution is 5.79. The van der Waals surface area contributed by atoms with Crippen molar-refractivity contribution < 1.29 is 19.0 Å². The lowest BCUT2D eigenvalue weighted by Gasteiger charge is -2.30. The second-order valence-electron chi connectivity index (χ2n) is 6.94. The first-order chi connectivity index (χ1) is 12.6. The van der Waals surface area contributed by atoms with Gasteiger partial charge in [-0.15, -0.1) is 0 Å².